The number of benzene rings is 1. The second-order valence-corrected chi connectivity index (χ2v) is 8.28. The lowest BCUT2D eigenvalue weighted by Gasteiger charge is -2.25. The molecular weight excluding hydrogens is 346 g/mol. The number of para-hydroxylation sites is 1. The Hall–Kier alpha value is -2.08. The van der Waals surface area contributed by atoms with Crippen molar-refractivity contribution in [2.45, 2.75) is 51.6 Å². The van der Waals surface area contributed by atoms with E-state index in [1.54, 1.807) is 11.3 Å². The zero-order valence-corrected chi connectivity index (χ0v) is 16.1. The number of piperidine rings is 1. The molecule has 2 aliphatic heterocycles. The van der Waals surface area contributed by atoms with E-state index in [4.69, 9.17) is 9.72 Å². The van der Waals surface area contributed by atoms with Crippen molar-refractivity contribution in [1.29, 1.82) is 0 Å². The van der Waals surface area contributed by atoms with Gasteiger partial charge in [-0.15, -0.1) is 0 Å². The van der Waals surface area contributed by atoms with Gasteiger partial charge in [0, 0.05) is 31.0 Å². The number of thiazole rings is 1. The van der Waals surface area contributed by atoms with Gasteiger partial charge in [-0.05, 0) is 39.2 Å². The fourth-order valence-electron chi connectivity index (χ4n) is 3.71. The standard InChI is InChI=1S/C20H25N3O2S/c1-13(2)25-16-9-5-4-8-14(16)15-12-17(24)21-19-18(15)26-20(22-19)23-10-6-3-7-11-23/h4-5,8-9,13,15H,3,6-7,10-12H2,1-2H3,(H,21,24)/t15-/m1/s1. The van der Waals surface area contributed by atoms with Gasteiger partial charge in [0.05, 0.1) is 11.0 Å². The van der Waals surface area contributed by atoms with E-state index in [-0.39, 0.29) is 17.9 Å². The molecule has 3 heterocycles. The molecule has 6 heteroatoms. The van der Waals surface area contributed by atoms with Gasteiger partial charge in [0.15, 0.2) is 5.13 Å². The number of hydrogen-bond donors (Lipinski definition) is 1. The molecule has 1 N–H and O–H groups in total. The number of amides is 1. The summed E-state index contributed by atoms with van der Waals surface area (Å²) < 4.78 is 6.01. The van der Waals surface area contributed by atoms with Crippen LogP contribution in [0.1, 0.15) is 55.9 Å². The lowest BCUT2D eigenvalue weighted by molar-refractivity contribution is -0.116. The van der Waals surface area contributed by atoms with E-state index >= 15 is 0 Å². The summed E-state index contributed by atoms with van der Waals surface area (Å²) in [5, 5.41) is 4.00. The van der Waals surface area contributed by atoms with E-state index in [0.29, 0.717) is 6.42 Å². The zero-order valence-electron chi connectivity index (χ0n) is 15.3. The summed E-state index contributed by atoms with van der Waals surface area (Å²) in [6.07, 6.45) is 4.25. The van der Waals surface area contributed by atoms with Gasteiger partial charge in [0.2, 0.25) is 5.91 Å². The molecule has 2 aromatic rings. The Kier molecular flexibility index (Phi) is 4.85. The van der Waals surface area contributed by atoms with Crippen molar-refractivity contribution >= 4 is 28.2 Å². The molecule has 1 atom stereocenters. The molecule has 1 saturated heterocycles. The van der Waals surface area contributed by atoms with E-state index in [2.05, 4.69) is 16.3 Å². The summed E-state index contributed by atoms with van der Waals surface area (Å²) in [5.74, 6) is 1.62. The fraction of sp³-hybridized carbons (Fsp3) is 0.500. The highest BCUT2D eigenvalue weighted by molar-refractivity contribution is 7.16. The Balaban J connectivity index is 1.71. The van der Waals surface area contributed by atoms with Crippen molar-refractivity contribution in [2.75, 3.05) is 23.3 Å². The van der Waals surface area contributed by atoms with Gasteiger partial charge in [-0.25, -0.2) is 4.98 Å². The van der Waals surface area contributed by atoms with Crippen LogP contribution in [-0.2, 0) is 4.79 Å². The Morgan fingerprint density at radius 3 is 2.77 bits per heavy atom. The van der Waals surface area contributed by atoms with E-state index in [9.17, 15) is 4.79 Å². The molecule has 0 saturated carbocycles. The minimum Gasteiger partial charge on any atom is -0.491 e. The molecule has 138 valence electrons. The number of carbonyl (C=O) groups is 1. The zero-order chi connectivity index (χ0) is 18.1. The first-order valence-corrected chi connectivity index (χ1v) is 10.2. The molecule has 0 unspecified atom stereocenters. The van der Waals surface area contributed by atoms with E-state index in [0.717, 1.165) is 40.2 Å². The van der Waals surface area contributed by atoms with Crippen LogP contribution in [0.3, 0.4) is 0 Å². The Bertz CT molecular complexity index is 796. The monoisotopic (exact) mass is 371 g/mol. The summed E-state index contributed by atoms with van der Waals surface area (Å²) in [5.41, 5.74) is 1.08. The molecule has 26 heavy (non-hydrogen) atoms. The van der Waals surface area contributed by atoms with Gasteiger partial charge in [0.25, 0.3) is 0 Å². The van der Waals surface area contributed by atoms with Gasteiger partial charge in [-0.1, -0.05) is 29.5 Å². The molecule has 0 spiro atoms. The lowest BCUT2D eigenvalue weighted by Crippen LogP contribution is -2.29. The topological polar surface area (TPSA) is 54.5 Å². The maximum absolute atomic E-state index is 12.3. The van der Waals surface area contributed by atoms with Crippen LogP contribution in [0.5, 0.6) is 5.75 Å². The van der Waals surface area contributed by atoms with Gasteiger partial charge >= 0.3 is 0 Å². The molecule has 1 aromatic heterocycles. The quantitative estimate of drug-likeness (QED) is 0.866. The van der Waals surface area contributed by atoms with Gasteiger partial charge in [-0.2, -0.15) is 0 Å². The number of carbonyl (C=O) groups excluding carboxylic acids is 1. The predicted octanol–water partition coefficient (Wildman–Crippen LogP) is 4.39. The summed E-state index contributed by atoms with van der Waals surface area (Å²) in [6.45, 7) is 6.16. The average Bonchev–Trinajstić information content (AvgIpc) is 3.06. The molecule has 0 bridgehead atoms. The fourth-order valence-corrected chi connectivity index (χ4v) is 4.90. The largest absolute Gasteiger partial charge is 0.491 e. The van der Waals surface area contributed by atoms with Gasteiger partial charge in [-0.3, -0.25) is 4.79 Å². The maximum Gasteiger partial charge on any atom is 0.226 e. The summed E-state index contributed by atoms with van der Waals surface area (Å²) in [7, 11) is 0. The minimum atomic E-state index is 0.00439. The summed E-state index contributed by atoms with van der Waals surface area (Å²) >= 11 is 1.72. The SMILES string of the molecule is CC(C)Oc1ccccc1[C@H]1CC(=O)Nc2nc(N3CCCCC3)sc21. The first kappa shape index (κ1) is 17.3. The van der Waals surface area contributed by atoms with E-state index in [1.807, 2.05) is 32.0 Å². The molecule has 1 amide bonds. The number of aromatic nitrogens is 1. The summed E-state index contributed by atoms with van der Waals surface area (Å²) in [4.78, 5) is 20.6. The van der Waals surface area contributed by atoms with Crippen LogP contribution in [0.15, 0.2) is 24.3 Å². The number of ether oxygens (including phenoxy) is 1. The molecule has 0 aliphatic carbocycles. The van der Waals surface area contributed by atoms with E-state index < -0.39 is 0 Å². The second kappa shape index (κ2) is 7.27. The molecular formula is C20H25N3O2S. The number of nitrogens with one attached hydrogen (secondary N) is 1. The molecule has 5 nitrogen and oxygen atoms in total. The molecule has 2 aliphatic rings. The summed E-state index contributed by atoms with van der Waals surface area (Å²) in [6, 6.07) is 8.07. The van der Waals surface area contributed by atoms with Crippen LogP contribution in [0, 0.1) is 0 Å². The molecule has 4 rings (SSSR count). The Morgan fingerprint density at radius 1 is 1.23 bits per heavy atom. The average molecular weight is 372 g/mol. The Labute approximate surface area is 158 Å². The van der Waals surface area contributed by atoms with Crippen LogP contribution >= 0.6 is 11.3 Å². The van der Waals surface area contributed by atoms with Gasteiger partial charge in [0.1, 0.15) is 11.6 Å². The van der Waals surface area contributed by atoms with Crippen molar-refractivity contribution in [1.82, 2.24) is 4.98 Å². The van der Waals surface area contributed by atoms with Crippen LogP contribution in [0.4, 0.5) is 10.9 Å². The highest BCUT2D eigenvalue weighted by Crippen LogP contribution is 2.45. The number of rotatable bonds is 4. The predicted molar refractivity (Wildman–Crippen MR) is 105 cm³/mol. The number of anilines is 2. The van der Waals surface area contributed by atoms with Crippen LogP contribution in [0.2, 0.25) is 0 Å². The van der Waals surface area contributed by atoms with Crippen LogP contribution in [0.25, 0.3) is 0 Å². The molecule has 1 fully saturated rings. The second-order valence-electron chi connectivity index (χ2n) is 7.27. The minimum absolute atomic E-state index is 0.00439. The van der Waals surface area contributed by atoms with E-state index in [1.165, 1.54) is 19.3 Å². The normalized spacial score (nSPS) is 20.0. The maximum atomic E-state index is 12.3. The van der Waals surface area contributed by atoms with Crippen molar-refractivity contribution in [2.24, 2.45) is 0 Å². The number of nitrogens with zero attached hydrogens (tertiary/aromatic N) is 2. The van der Waals surface area contributed by atoms with Crippen molar-refractivity contribution in [3.63, 3.8) is 0 Å². The Morgan fingerprint density at radius 2 is 2.00 bits per heavy atom. The van der Waals surface area contributed by atoms with Crippen LogP contribution in [-0.4, -0.2) is 30.1 Å². The first-order chi connectivity index (χ1) is 12.6. The molecule has 1 aromatic carbocycles. The van der Waals surface area contributed by atoms with Crippen molar-refractivity contribution < 1.29 is 9.53 Å². The third-order valence-corrected chi connectivity index (χ3v) is 6.12. The smallest absolute Gasteiger partial charge is 0.226 e. The number of fused-ring (bicyclic) bond motifs is 1. The number of hydrogen-bond acceptors (Lipinski definition) is 5. The first-order valence-electron chi connectivity index (χ1n) is 9.43. The lowest BCUT2D eigenvalue weighted by atomic mass is 9.91. The third kappa shape index (κ3) is 3.43. The van der Waals surface area contributed by atoms with Gasteiger partial charge < -0.3 is 15.0 Å². The third-order valence-electron chi connectivity index (χ3n) is 4.89. The van der Waals surface area contributed by atoms with Crippen molar-refractivity contribution in [3.05, 3.63) is 34.7 Å². The van der Waals surface area contributed by atoms with Crippen LogP contribution < -0.4 is 15.0 Å². The molecule has 0 radical (unpaired) electrons. The van der Waals surface area contributed by atoms with Crippen molar-refractivity contribution in [3.8, 4) is 5.75 Å². The highest BCUT2D eigenvalue weighted by atomic mass is 32.1. The highest BCUT2D eigenvalue weighted by Gasteiger charge is 2.33.